The van der Waals surface area contributed by atoms with E-state index in [2.05, 4.69) is 96.2 Å². The van der Waals surface area contributed by atoms with Crippen molar-refractivity contribution in [1.82, 2.24) is 0 Å². The van der Waals surface area contributed by atoms with Gasteiger partial charge in [-0.3, -0.25) is 0 Å². The second-order valence-corrected chi connectivity index (χ2v) is 10.8. The van der Waals surface area contributed by atoms with Crippen molar-refractivity contribution in [3.8, 4) is 0 Å². The van der Waals surface area contributed by atoms with E-state index in [0.29, 0.717) is 0 Å². The molecule has 148 valence electrons. The van der Waals surface area contributed by atoms with Crippen LogP contribution in [-0.4, -0.2) is 0 Å². The molecule has 2 heteroatoms. The number of furan rings is 1. The molecule has 0 atom stereocenters. The van der Waals surface area contributed by atoms with Crippen LogP contribution in [0.25, 0.3) is 11.0 Å². The number of fused-ring (bicyclic) bond motifs is 2. The Kier molecular flexibility index (Phi) is 4.19. The number of hydrogen-bond acceptors (Lipinski definition) is 2. The lowest BCUT2D eigenvalue weighted by molar-refractivity contribution is 0.332. The second-order valence-electron chi connectivity index (χ2n) is 10.8. The standard InChI is InChI=1S/C26H33NO/c1-24(2,3)18-8-10-19(11-9-18)27-23-15-17-14-20-21(16-22(17)28-23)26(6,7)13-12-25(20,4)5/h8-11,14-16,27H,12-13H2,1-7H3. The van der Waals surface area contributed by atoms with Gasteiger partial charge in [-0.05, 0) is 70.0 Å². The highest BCUT2D eigenvalue weighted by atomic mass is 16.3. The van der Waals surface area contributed by atoms with Crippen LogP contribution in [0.1, 0.15) is 78.0 Å². The summed E-state index contributed by atoms with van der Waals surface area (Å²) in [5.74, 6) is 0.802. The van der Waals surface area contributed by atoms with Crippen LogP contribution in [0.5, 0.6) is 0 Å². The smallest absolute Gasteiger partial charge is 0.198 e. The molecule has 1 heterocycles. The molecule has 0 saturated heterocycles. The summed E-state index contributed by atoms with van der Waals surface area (Å²) in [5.41, 5.74) is 6.84. The zero-order valence-electron chi connectivity index (χ0n) is 18.4. The first-order valence-corrected chi connectivity index (χ1v) is 10.4. The van der Waals surface area contributed by atoms with Crippen molar-refractivity contribution in [3.05, 3.63) is 59.2 Å². The molecule has 0 aliphatic heterocycles. The predicted molar refractivity (Wildman–Crippen MR) is 120 cm³/mol. The van der Waals surface area contributed by atoms with Gasteiger partial charge in [-0.1, -0.05) is 60.6 Å². The van der Waals surface area contributed by atoms with Gasteiger partial charge in [0.05, 0.1) is 0 Å². The summed E-state index contributed by atoms with van der Waals surface area (Å²) < 4.78 is 6.19. The van der Waals surface area contributed by atoms with E-state index in [1.165, 1.54) is 34.9 Å². The Morgan fingerprint density at radius 1 is 0.821 bits per heavy atom. The lowest BCUT2D eigenvalue weighted by Crippen LogP contribution is -2.33. The van der Waals surface area contributed by atoms with Crippen LogP contribution < -0.4 is 5.32 Å². The number of nitrogens with one attached hydrogen (secondary N) is 1. The van der Waals surface area contributed by atoms with E-state index in [4.69, 9.17) is 4.42 Å². The maximum Gasteiger partial charge on any atom is 0.198 e. The Balaban J connectivity index is 1.69. The van der Waals surface area contributed by atoms with E-state index in [1.807, 2.05) is 0 Å². The molecule has 1 aliphatic carbocycles. The lowest BCUT2D eigenvalue weighted by atomic mass is 9.63. The molecular weight excluding hydrogens is 342 g/mol. The molecule has 0 amide bonds. The summed E-state index contributed by atoms with van der Waals surface area (Å²) in [6.45, 7) is 16.1. The van der Waals surface area contributed by atoms with Gasteiger partial charge in [0.2, 0.25) is 0 Å². The first-order chi connectivity index (χ1) is 13.0. The molecule has 1 aliphatic rings. The summed E-state index contributed by atoms with van der Waals surface area (Å²) in [7, 11) is 0. The molecule has 28 heavy (non-hydrogen) atoms. The fourth-order valence-corrected chi connectivity index (χ4v) is 4.36. The molecule has 1 N–H and O–H groups in total. The van der Waals surface area contributed by atoms with Gasteiger partial charge in [0, 0.05) is 17.1 Å². The van der Waals surface area contributed by atoms with Gasteiger partial charge in [-0.2, -0.15) is 0 Å². The van der Waals surface area contributed by atoms with Crippen molar-refractivity contribution in [2.45, 2.75) is 77.6 Å². The van der Waals surface area contributed by atoms with Gasteiger partial charge in [0.15, 0.2) is 5.88 Å². The van der Waals surface area contributed by atoms with Crippen molar-refractivity contribution in [2.75, 3.05) is 5.32 Å². The van der Waals surface area contributed by atoms with E-state index in [9.17, 15) is 0 Å². The third kappa shape index (κ3) is 3.34. The molecule has 0 saturated carbocycles. The average molecular weight is 376 g/mol. The van der Waals surface area contributed by atoms with E-state index >= 15 is 0 Å². The van der Waals surface area contributed by atoms with E-state index in [1.54, 1.807) is 0 Å². The maximum absolute atomic E-state index is 6.19. The molecular formula is C26H33NO. The van der Waals surface area contributed by atoms with Crippen LogP contribution in [-0.2, 0) is 16.2 Å². The first kappa shape index (κ1) is 19.1. The van der Waals surface area contributed by atoms with Crippen molar-refractivity contribution >= 4 is 22.5 Å². The predicted octanol–water partition coefficient (Wildman–Crippen LogP) is 7.82. The van der Waals surface area contributed by atoms with Crippen LogP contribution in [0.4, 0.5) is 11.6 Å². The highest BCUT2D eigenvalue weighted by Crippen LogP contribution is 2.47. The topological polar surface area (TPSA) is 25.2 Å². The molecule has 3 aromatic rings. The summed E-state index contributed by atoms with van der Waals surface area (Å²) in [6.07, 6.45) is 2.44. The Bertz CT molecular complexity index is 960. The van der Waals surface area contributed by atoms with E-state index < -0.39 is 0 Å². The Morgan fingerprint density at radius 2 is 1.39 bits per heavy atom. The van der Waals surface area contributed by atoms with Gasteiger partial charge < -0.3 is 9.73 Å². The van der Waals surface area contributed by atoms with Crippen molar-refractivity contribution < 1.29 is 4.42 Å². The molecule has 1 aromatic heterocycles. The fraction of sp³-hybridized carbons (Fsp3) is 0.462. The third-order valence-corrected chi connectivity index (χ3v) is 6.51. The lowest BCUT2D eigenvalue weighted by Gasteiger charge is -2.41. The molecule has 2 aromatic carbocycles. The maximum atomic E-state index is 6.19. The van der Waals surface area contributed by atoms with Gasteiger partial charge in [0.25, 0.3) is 0 Å². The summed E-state index contributed by atoms with van der Waals surface area (Å²) in [5, 5.41) is 4.62. The van der Waals surface area contributed by atoms with Crippen LogP contribution in [0.15, 0.2) is 46.9 Å². The first-order valence-electron chi connectivity index (χ1n) is 10.4. The van der Waals surface area contributed by atoms with Crippen molar-refractivity contribution in [3.63, 3.8) is 0 Å². The van der Waals surface area contributed by atoms with Gasteiger partial charge in [-0.25, -0.2) is 0 Å². The zero-order chi connectivity index (χ0) is 20.3. The summed E-state index contributed by atoms with van der Waals surface area (Å²) in [6, 6.07) is 15.4. The van der Waals surface area contributed by atoms with Crippen LogP contribution in [0.3, 0.4) is 0 Å². The van der Waals surface area contributed by atoms with Crippen LogP contribution >= 0.6 is 0 Å². The Morgan fingerprint density at radius 3 is 1.96 bits per heavy atom. The molecule has 4 rings (SSSR count). The van der Waals surface area contributed by atoms with E-state index in [-0.39, 0.29) is 16.2 Å². The molecule has 0 spiro atoms. The van der Waals surface area contributed by atoms with Crippen molar-refractivity contribution in [2.24, 2.45) is 0 Å². The Hall–Kier alpha value is -2.22. The minimum Gasteiger partial charge on any atom is -0.440 e. The number of hydrogen-bond donors (Lipinski definition) is 1. The number of anilines is 2. The largest absolute Gasteiger partial charge is 0.440 e. The normalized spacial score (nSPS) is 18.1. The minimum atomic E-state index is 0.163. The number of benzene rings is 2. The molecule has 0 fully saturated rings. The third-order valence-electron chi connectivity index (χ3n) is 6.51. The van der Waals surface area contributed by atoms with E-state index in [0.717, 1.165) is 17.2 Å². The quantitative estimate of drug-likeness (QED) is 0.494. The summed E-state index contributed by atoms with van der Waals surface area (Å²) >= 11 is 0. The van der Waals surface area contributed by atoms with Crippen LogP contribution in [0, 0.1) is 0 Å². The zero-order valence-corrected chi connectivity index (χ0v) is 18.4. The van der Waals surface area contributed by atoms with Crippen LogP contribution in [0.2, 0.25) is 0 Å². The molecule has 0 unspecified atom stereocenters. The van der Waals surface area contributed by atoms with Gasteiger partial charge in [-0.15, -0.1) is 0 Å². The molecule has 0 bridgehead atoms. The Labute approximate surface area is 169 Å². The SMILES string of the molecule is CC(C)(C)c1ccc(Nc2cc3cc4c(cc3o2)C(C)(C)CCC4(C)C)cc1. The fourth-order valence-electron chi connectivity index (χ4n) is 4.36. The average Bonchev–Trinajstić information content (AvgIpc) is 2.99. The monoisotopic (exact) mass is 375 g/mol. The molecule has 2 nitrogen and oxygen atoms in total. The van der Waals surface area contributed by atoms with Gasteiger partial charge >= 0.3 is 0 Å². The van der Waals surface area contributed by atoms with Gasteiger partial charge in [0.1, 0.15) is 5.58 Å². The van der Waals surface area contributed by atoms with Crippen molar-refractivity contribution in [1.29, 1.82) is 0 Å². The second kappa shape index (κ2) is 6.14. The number of rotatable bonds is 2. The molecule has 0 radical (unpaired) electrons. The highest BCUT2D eigenvalue weighted by molar-refractivity contribution is 5.84. The highest BCUT2D eigenvalue weighted by Gasteiger charge is 2.37. The minimum absolute atomic E-state index is 0.163. The summed E-state index contributed by atoms with van der Waals surface area (Å²) in [4.78, 5) is 0.